The molecule has 4 heterocycles. The molecule has 2 unspecified atom stereocenters. The predicted molar refractivity (Wildman–Crippen MR) is 92.8 cm³/mol. The van der Waals surface area contributed by atoms with Crippen LogP contribution in [0, 0.1) is 5.82 Å². The molecule has 1 aromatic carbocycles. The minimum Gasteiger partial charge on any atom is -0.385 e. The summed E-state index contributed by atoms with van der Waals surface area (Å²) in [5.41, 5.74) is -0.358. The van der Waals surface area contributed by atoms with Gasteiger partial charge in [-0.3, -0.25) is 10.1 Å². The Morgan fingerprint density at radius 2 is 1.87 bits per heavy atom. The number of aromatic nitrogens is 3. The second-order valence-corrected chi connectivity index (χ2v) is 8.83. The van der Waals surface area contributed by atoms with Gasteiger partial charge < -0.3 is 5.11 Å². The van der Waals surface area contributed by atoms with Crippen LogP contribution in [0.5, 0.6) is 0 Å². The number of fused-ring (bicyclic) bond motifs is 7. The number of rotatable bonds is 2. The maximum Gasteiger partial charge on any atom is 0.433 e. The van der Waals surface area contributed by atoms with Crippen molar-refractivity contribution >= 4 is 10.0 Å². The third-order valence-corrected chi connectivity index (χ3v) is 7.23. The highest BCUT2D eigenvalue weighted by molar-refractivity contribution is 7.89. The van der Waals surface area contributed by atoms with E-state index in [1.807, 2.05) is 0 Å². The van der Waals surface area contributed by atoms with E-state index in [0.717, 1.165) is 10.4 Å². The van der Waals surface area contributed by atoms with Crippen molar-refractivity contribution in [2.24, 2.45) is 0 Å². The molecular weight excluding hydrogens is 428 g/mol. The molecule has 2 aliphatic rings. The van der Waals surface area contributed by atoms with Crippen molar-refractivity contribution in [3.8, 4) is 0 Å². The average molecular weight is 440 g/mol. The molecule has 2 N–H and O–H groups in total. The Bertz CT molecular complexity index is 1260. The number of halogens is 4. The fraction of sp³-hybridized carbons (Fsp3) is 0.222. The number of nitrogens with zero attached hydrogens (tertiary/aromatic N) is 3. The maximum absolute atomic E-state index is 14.7. The van der Waals surface area contributed by atoms with E-state index in [4.69, 9.17) is 0 Å². The standard InChI is InChI=1S/C18H12F4N4O3S/c19-11-3-1-2-9-13(11)15-10-7-24-25-14(10)17(27)16(9)26(15)30(28,29)8-4-5-12(23-6-8)18(20,21)22/h1-7,15-17,27H,(H,24,25)/t15?,16?,17-/m1/s1. The lowest BCUT2D eigenvalue weighted by molar-refractivity contribution is -0.141. The van der Waals surface area contributed by atoms with Crippen LogP contribution in [0.4, 0.5) is 17.6 Å². The molecule has 0 saturated carbocycles. The molecule has 2 bridgehead atoms. The summed E-state index contributed by atoms with van der Waals surface area (Å²) in [5.74, 6) is -0.660. The van der Waals surface area contributed by atoms with Crippen LogP contribution in [-0.4, -0.2) is 33.0 Å². The van der Waals surface area contributed by atoms with Crippen LogP contribution in [0.2, 0.25) is 0 Å². The first-order valence-corrected chi connectivity index (χ1v) is 10.1. The van der Waals surface area contributed by atoms with E-state index in [0.29, 0.717) is 12.3 Å². The Morgan fingerprint density at radius 1 is 1.10 bits per heavy atom. The molecule has 2 aliphatic heterocycles. The molecule has 0 spiro atoms. The minimum atomic E-state index is -4.73. The first-order chi connectivity index (χ1) is 14.1. The van der Waals surface area contributed by atoms with Gasteiger partial charge in [-0.2, -0.15) is 22.6 Å². The van der Waals surface area contributed by atoms with Crippen molar-refractivity contribution in [1.29, 1.82) is 0 Å². The fourth-order valence-corrected chi connectivity index (χ4v) is 5.85. The van der Waals surface area contributed by atoms with E-state index in [1.165, 1.54) is 24.4 Å². The molecule has 7 nitrogen and oxygen atoms in total. The Labute approximate surface area is 167 Å². The maximum atomic E-state index is 14.7. The van der Waals surface area contributed by atoms with Gasteiger partial charge in [-0.1, -0.05) is 12.1 Å². The van der Waals surface area contributed by atoms with Crippen molar-refractivity contribution in [3.63, 3.8) is 0 Å². The predicted octanol–water partition coefficient (Wildman–Crippen LogP) is 2.84. The van der Waals surface area contributed by atoms with Crippen LogP contribution in [0.15, 0.2) is 47.6 Å². The average Bonchev–Trinajstić information content (AvgIpc) is 3.28. The summed E-state index contributed by atoms with van der Waals surface area (Å²) in [6.45, 7) is 0. The molecule has 3 aromatic rings. The second kappa shape index (κ2) is 6.09. The number of H-pyrrole nitrogens is 1. The Balaban J connectivity index is 1.69. The highest BCUT2D eigenvalue weighted by Gasteiger charge is 2.55. The van der Waals surface area contributed by atoms with Crippen molar-refractivity contribution in [2.75, 3.05) is 0 Å². The zero-order valence-corrected chi connectivity index (χ0v) is 15.6. The summed E-state index contributed by atoms with van der Waals surface area (Å²) in [4.78, 5) is 2.71. The lowest BCUT2D eigenvalue weighted by atomic mass is 9.98. The van der Waals surface area contributed by atoms with Crippen LogP contribution >= 0.6 is 0 Å². The summed E-state index contributed by atoms with van der Waals surface area (Å²) in [6, 6.07) is 3.14. The SMILES string of the molecule is O=S(=O)(c1ccc(C(F)(F)F)nc1)N1C2c3cn[nH]c3[C@@H](O)C1c1cccc(F)c12. The second-order valence-electron chi connectivity index (χ2n) is 6.99. The van der Waals surface area contributed by atoms with Gasteiger partial charge in [0.05, 0.1) is 24.0 Å². The molecular formula is C18H12F4N4O3S. The highest BCUT2D eigenvalue weighted by atomic mass is 32.2. The third-order valence-electron chi connectivity index (χ3n) is 5.40. The van der Waals surface area contributed by atoms with E-state index < -0.39 is 50.8 Å². The van der Waals surface area contributed by atoms with Crippen molar-refractivity contribution < 1.29 is 31.1 Å². The topological polar surface area (TPSA) is 99.2 Å². The van der Waals surface area contributed by atoms with Crippen LogP contribution < -0.4 is 0 Å². The number of hydrogen-bond acceptors (Lipinski definition) is 5. The lowest BCUT2D eigenvalue weighted by Gasteiger charge is -2.36. The van der Waals surface area contributed by atoms with Gasteiger partial charge in [0.15, 0.2) is 0 Å². The first-order valence-electron chi connectivity index (χ1n) is 8.68. The molecule has 3 atom stereocenters. The van der Waals surface area contributed by atoms with E-state index >= 15 is 0 Å². The molecule has 12 heteroatoms. The number of sulfonamides is 1. The molecule has 0 saturated heterocycles. The first kappa shape index (κ1) is 19.2. The zero-order valence-electron chi connectivity index (χ0n) is 14.8. The third kappa shape index (κ3) is 2.47. The summed E-state index contributed by atoms with van der Waals surface area (Å²) in [7, 11) is -4.46. The fourth-order valence-electron chi connectivity index (χ4n) is 4.16. The zero-order chi connectivity index (χ0) is 21.4. The number of benzene rings is 1. The Morgan fingerprint density at radius 3 is 2.53 bits per heavy atom. The summed E-state index contributed by atoms with van der Waals surface area (Å²) < 4.78 is 80.9. The van der Waals surface area contributed by atoms with E-state index in [-0.39, 0.29) is 22.4 Å². The van der Waals surface area contributed by atoms with Gasteiger partial charge in [0.1, 0.15) is 22.5 Å². The minimum absolute atomic E-state index is 0.0742. The lowest BCUT2D eigenvalue weighted by Crippen LogP contribution is -2.40. The molecule has 5 rings (SSSR count). The number of aromatic amines is 1. The monoisotopic (exact) mass is 440 g/mol. The molecule has 30 heavy (non-hydrogen) atoms. The van der Waals surface area contributed by atoms with Crippen molar-refractivity contribution in [3.05, 3.63) is 76.6 Å². The molecule has 0 fully saturated rings. The van der Waals surface area contributed by atoms with Crippen LogP contribution in [0.25, 0.3) is 0 Å². The smallest absolute Gasteiger partial charge is 0.385 e. The normalized spacial score (nSPS) is 23.3. The highest BCUT2D eigenvalue weighted by Crippen LogP contribution is 2.58. The largest absolute Gasteiger partial charge is 0.433 e. The van der Waals surface area contributed by atoms with Crippen LogP contribution in [0.1, 0.15) is 46.3 Å². The molecule has 0 radical (unpaired) electrons. The quantitative estimate of drug-likeness (QED) is 0.597. The number of alkyl halides is 3. The Hall–Kier alpha value is -2.83. The number of pyridine rings is 1. The van der Waals surface area contributed by atoms with E-state index in [9.17, 15) is 31.1 Å². The number of nitrogens with one attached hydrogen (secondary N) is 1. The van der Waals surface area contributed by atoms with E-state index in [1.54, 1.807) is 0 Å². The van der Waals surface area contributed by atoms with Gasteiger partial charge in [-0.05, 0) is 23.8 Å². The molecule has 0 aliphatic carbocycles. The van der Waals surface area contributed by atoms with Gasteiger partial charge in [0.2, 0.25) is 10.0 Å². The van der Waals surface area contributed by atoms with E-state index in [2.05, 4.69) is 15.2 Å². The van der Waals surface area contributed by atoms with Crippen molar-refractivity contribution in [2.45, 2.75) is 29.3 Å². The molecule has 0 amide bonds. The summed E-state index contributed by atoms with van der Waals surface area (Å²) >= 11 is 0. The van der Waals surface area contributed by atoms with Crippen molar-refractivity contribution in [1.82, 2.24) is 19.5 Å². The van der Waals surface area contributed by atoms with Gasteiger partial charge in [-0.25, -0.2) is 12.8 Å². The molecule has 2 aromatic heterocycles. The van der Waals surface area contributed by atoms with Gasteiger partial charge in [-0.15, -0.1) is 0 Å². The summed E-state index contributed by atoms with van der Waals surface area (Å²) in [5, 5.41) is 17.3. The van der Waals surface area contributed by atoms with Gasteiger partial charge in [0, 0.05) is 17.3 Å². The van der Waals surface area contributed by atoms with Crippen LogP contribution in [0.3, 0.4) is 0 Å². The number of hydrogen-bond donors (Lipinski definition) is 2. The van der Waals surface area contributed by atoms with Crippen LogP contribution in [-0.2, 0) is 16.2 Å². The number of aliphatic hydroxyl groups excluding tert-OH is 1. The van der Waals surface area contributed by atoms with Gasteiger partial charge >= 0.3 is 6.18 Å². The summed E-state index contributed by atoms with van der Waals surface area (Å²) in [6.07, 6.45) is -4.20. The Kier molecular flexibility index (Phi) is 3.89. The van der Waals surface area contributed by atoms with Gasteiger partial charge in [0.25, 0.3) is 0 Å². The molecule has 156 valence electrons. The number of aliphatic hydroxyl groups is 1.